The zero-order valence-corrected chi connectivity index (χ0v) is 13.9. The molecule has 0 heterocycles. The molecule has 0 saturated carbocycles. The molecule has 0 spiro atoms. The minimum absolute atomic E-state index is 0.511. The minimum atomic E-state index is 0.511. The Hall–Kier alpha value is -2.60. The lowest BCUT2D eigenvalue weighted by Gasteiger charge is -2.20. The fraction of sp³-hybridized carbons (Fsp3) is 0.167. The quantitative estimate of drug-likeness (QED) is 0.630. The van der Waals surface area contributed by atoms with E-state index in [1.165, 1.54) is 44.5 Å². The molecule has 0 heteroatoms. The van der Waals surface area contributed by atoms with Crippen LogP contribution in [0, 0.1) is 0 Å². The summed E-state index contributed by atoms with van der Waals surface area (Å²) in [6, 6.07) is 17.6. The third-order valence-corrected chi connectivity index (χ3v) is 5.60. The summed E-state index contributed by atoms with van der Waals surface area (Å²) in [5.41, 5.74) is 11.7. The Morgan fingerprint density at radius 2 is 1.71 bits per heavy atom. The molecule has 2 aromatic carbocycles. The first-order valence-electron chi connectivity index (χ1n) is 8.77. The molecule has 5 rings (SSSR count). The van der Waals surface area contributed by atoms with Gasteiger partial charge in [0.25, 0.3) is 0 Å². The van der Waals surface area contributed by atoms with Crippen LogP contribution in [-0.2, 0) is 6.42 Å². The molecule has 2 aromatic rings. The van der Waals surface area contributed by atoms with E-state index in [4.69, 9.17) is 0 Å². The van der Waals surface area contributed by atoms with E-state index in [0.717, 1.165) is 12.8 Å². The van der Waals surface area contributed by atoms with Crippen molar-refractivity contribution in [3.8, 4) is 0 Å². The van der Waals surface area contributed by atoms with Gasteiger partial charge in [-0.25, -0.2) is 0 Å². The van der Waals surface area contributed by atoms with Gasteiger partial charge in [0.1, 0.15) is 0 Å². The summed E-state index contributed by atoms with van der Waals surface area (Å²) in [5, 5.41) is 0. The highest BCUT2D eigenvalue weighted by Gasteiger charge is 2.27. The van der Waals surface area contributed by atoms with Gasteiger partial charge in [-0.1, -0.05) is 66.8 Å². The van der Waals surface area contributed by atoms with Crippen LogP contribution < -0.4 is 0 Å². The fourth-order valence-electron chi connectivity index (χ4n) is 4.35. The molecule has 0 bridgehead atoms. The zero-order valence-electron chi connectivity index (χ0n) is 13.9. The van der Waals surface area contributed by atoms with Crippen LogP contribution in [-0.4, -0.2) is 0 Å². The summed E-state index contributed by atoms with van der Waals surface area (Å²) in [6.45, 7) is 2.27. The maximum atomic E-state index is 2.40. The zero-order chi connectivity index (χ0) is 16.1. The second-order valence-corrected chi connectivity index (χ2v) is 7.06. The highest BCUT2D eigenvalue weighted by atomic mass is 14.3. The molecule has 0 aromatic heterocycles. The minimum Gasteiger partial charge on any atom is -0.0760 e. The summed E-state index contributed by atoms with van der Waals surface area (Å²) in [4.78, 5) is 0. The SMILES string of the molecule is CC1=C(CC2C=Cc3ccccc32)C2=Cc3ccccc3CC2=C1. The lowest BCUT2D eigenvalue weighted by atomic mass is 9.83. The third-order valence-electron chi connectivity index (χ3n) is 5.60. The predicted octanol–water partition coefficient (Wildman–Crippen LogP) is 6.08. The van der Waals surface area contributed by atoms with Crippen molar-refractivity contribution in [2.45, 2.75) is 25.7 Å². The second kappa shape index (κ2) is 5.21. The van der Waals surface area contributed by atoms with Crippen LogP contribution >= 0.6 is 0 Å². The summed E-state index contributed by atoms with van der Waals surface area (Å²) in [7, 11) is 0. The van der Waals surface area contributed by atoms with E-state index in [1.54, 1.807) is 0 Å². The molecular weight excluding hydrogens is 288 g/mol. The number of hydrogen-bond donors (Lipinski definition) is 0. The van der Waals surface area contributed by atoms with Gasteiger partial charge in [0.2, 0.25) is 0 Å². The van der Waals surface area contributed by atoms with Crippen LogP contribution in [0.25, 0.3) is 12.2 Å². The molecule has 0 saturated heterocycles. The van der Waals surface area contributed by atoms with Gasteiger partial charge in [-0.05, 0) is 70.4 Å². The van der Waals surface area contributed by atoms with Crippen molar-refractivity contribution >= 4 is 12.2 Å². The summed E-state index contributed by atoms with van der Waals surface area (Å²) >= 11 is 0. The Bertz CT molecular complexity index is 963. The van der Waals surface area contributed by atoms with Crippen LogP contribution in [0.4, 0.5) is 0 Å². The average molecular weight is 308 g/mol. The molecule has 0 aliphatic heterocycles. The van der Waals surface area contributed by atoms with Crippen LogP contribution in [0.3, 0.4) is 0 Å². The Labute approximate surface area is 143 Å². The van der Waals surface area contributed by atoms with Gasteiger partial charge in [0.05, 0.1) is 0 Å². The highest BCUT2D eigenvalue weighted by Crippen LogP contribution is 2.44. The van der Waals surface area contributed by atoms with Gasteiger partial charge in [-0.3, -0.25) is 0 Å². The summed E-state index contributed by atoms with van der Waals surface area (Å²) in [5.74, 6) is 0.511. The van der Waals surface area contributed by atoms with Crippen molar-refractivity contribution < 1.29 is 0 Å². The largest absolute Gasteiger partial charge is 0.0760 e. The van der Waals surface area contributed by atoms with E-state index < -0.39 is 0 Å². The maximum absolute atomic E-state index is 2.40. The van der Waals surface area contributed by atoms with E-state index in [-0.39, 0.29) is 0 Å². The van der Waals surface area contributed by atoms with Crippen molar-refractivity contribution in [1.29, 1.82) is 0 Å². The topological polar surface area (TPSA) is 0 Å². The molecular formula is C24H20. The smallest absolute Gasteiger partial charge is 0.00679 e. The van der Waals surface area contributed by atoms with Gasteiger partial charge in [-0.2, -0.15) is 0 Å². The Kier molecular flexibility index (Phi) is 2.99. The van der Waals surface area contributed by atoms with Crippen LogP contribution in [0.15, 0.2) is 83.0 Å². The molecule has 3 aliphatic carbocycles. The predicted molar refractivity (Wildman–Crippen MR) is 102 cm³/mol. The molecule has 0 amide bonds. The van der Waals surface area contributed by atoms with Crippen molar-refractivity contribution in [3.63, 3.8) is 0 Å². The molecule has 0 nitrogen and oxygen atoms in total. The first-order chi connectivity index (χ1) is 11.8. The summed E-state index contributed by atoms with van der Waals surface area (Å²) in [6.07, 6.45) is 11.6. The van der Waals surface area contributed by atoms with E-state index in [1.807, 2.05) is 0 Å². The van der Waals surface area contributed by atoms with Gasteiger partial charge in [0, 0.05) is 5.92 Å². The van der Waals surface area contributed by atoms with Crippen molar-refractivity contribution in [3.05, 3.63) is 105 Å². The van der Waals surface area contributed by atoms with E-state index in [9.17, 15) is 0 Å². The van der Waals surface area contributed by atoms with E-state index >= 15 is 0 Å². The third kappa shape index (κ3) is 2.06. The Balaban J connectivity index is 1.51. The Morgan fingerprint density at radius 1 is 0.917 bits per heavy atom. The van der Waals surface area contributed by atoms with Gasteiger partial charge in [-0.15, -0.1) is 0 Å². The molecule has 116 valence electrons. The molecule has 1 unspecified atom stereocenters. The lowest BCUT2D eigenvalue weighted by Crippen LogP contribution is -2.04. The molecule has 24 heavy (non-hydrogen) atoms. The van der Waals surface area contributed by atoms with Gasteiger partial charge < -0.3 is 0 Å². The van der Waals surface area contributed by atoms with Gasteiger partial charge in [0.15, 0.2) is 0 Å². The fourth-order valence-corrected chi connectivity index (χ4v) is 4.35. The normalized spacial score (nSPS) is 20.5. The van der Waals surface area contributed by atoms with Crippen LogP contribution in [0.1, 0.15) is 41.5 Å². The van der Waals surface area contributed by atoms with Crippen LogP contribution in [0.2, 0.25) is 0 Å². The van der Waals surface area contributed by atoms with Crippen molar-refractivity contribution in [2.24, 2.45) is 0 Å². The average Bonchev–Trinajstić information content (AvgIpc) is 3.15. The first-order valence-corrected chi connectivity index (χ1v) is 8.77. The van der Waals surface area contributed by atoms with Crippen molar-refractivity contribution in [2.75, 3.05) is 0 Å². The maximum Gasteiger partial charge on any atom is 0.00679 e. The van der Waals surface area contributed by atoms with Crippen LogP contribution in [0.5, 0.6) is 0 Å². The molecule has 0 fully saturated rings. The molecule has 0 radical (unpaired) electrons. The first kappa shape index (κ1) is 13.8. The van der Waals surface area contributed by atoms with Gasteiger partial charge >= 0.3 is 0 Å². The molecule has 3 aliphatic rings. The highest BCUT2D eigenvalue weighted by molar-refractivity contribution is 5.76. The number of rotatable bonds is 2. The number of benzene rings is 2. The second-order valence-electron chi connectivity index (χ2n) is 7.06. The molecule has 0 N–H and O–H groups in total. The van der Waals surface area contributed by atoms with E-state index in [0.29, 0.717) is 5.92 Å². The monoisotopic (exact) mass is 308 g/mol. The summed E-state index contributed by atoms with van der Waals surface area (Å²) < 4.78 is 0. The van der Waals surface area contributed by atoms with Crippen molar-refractivity contribution in [1.82, 2.24) is 0 Å². The molecule has 1 atom stereocenters. The number of fused-ring (bicyclic) bond motifs is 3. The van der Waals surface area contributed by atoms with E-state index in [2.05, 4.69) is 79.8 Å². The number of hydrogen-bond acceptors (Lipinski definition) is 0. The lowest BCUT2D eigenvalue weighted by molar-refractivity contribution is 0.842. The number of allylic oxidation sites excluding steroid dienone is 6. The standard InChI is InChI=1S/C24H20/c1-16-12-21-13-18-7-2-3-8-19(18)14-24(21)23(16)15-20-11-10-17-6-4-5-9-22(17)20/h2-12,14,20H,13,15H2,1H3. The Morgan fingerprint density at radius 3 is 2.62 bits per heavy atom.